The maximum atomic E-state index is 16.9. The summed E-state index contributed by atoms with van der Waals surface area (Å²) in [5, 5.41) is 49.0. The molecule has 0 radical (unpaired) electrons. The number of rotatable bonds is 26. The predicted octanol–water partition coefficient (Wildman–Crippen LogP) is 19.8. The van der Waals surface area contributed by atoms with Crippen molar-refractivity contribution in [3.8, 4) is 116 Å². The number of hydrogen-bond acceptors (Lipinski definition) is 22. The van der Waals surface area contributed by atoms with Crippen molar-refractivity contribution in [2.24, 2.45) is 0 Å². The highest BCUT2D eigenvalue weighted by molar-refractivity contribution is 6.45. The van der Waals surface area contributed by atoms with E-state index in [0.29, 0.717) is 36.8 Å². The number of hydrogen-bond donors (Lipinski definition) is 6. The number of pyridine rings is 4. The molecule has 0 bridgehead atoms. The highest BCUT2D eigenvalue weighted by Gasteiger charge is 2.47. The second-order valence-electron chi connectivity index (χ2n) is 30.9. The van der Waals surface area contributed by atoms with Crippen molar-refractivity contribution in [3.63, 3.8) is 0 Å². The van der Waals surface area contributed by atoms with Gasteiger partial charge >= 0.3 is 0 Å². The van der Waals surface area contributed by atoms with Crippen molar-refractivity contribution in [1.82, 2.24) is 40.4 Å². The Kier molecular flexibility index (Phi) is 21.0. The van der Waals surface area contributed by atoms with E-state index in [1.165, 1.54) is 97.6 Å². The summed E-state index contributed by atoms with van der Waals surface area (Å²) in [6, 6.07) is 57.3. The molecule has 15 aromatic rings. The minimum atomic E-state index is -1.46. The number of amides is 6. The van der Waals surface area contributed by atoms with Gasteiger partial charge in [-0.1, -0.05) is 99.2 Å². The number of benzene rings is 11. The minimum Gasteiger partial charge on any atom is -0.508 e. The largest absolute Gasteiger partial charge is 0.508 e. The summed E-state index contributed by atoms with van der Waals surface area (Å²) in [6.07, 6.45) is 13.4. The van der Waals surface area contributed by atoms with Gasteiger partial charge in [-0.05, 0) is 182 Å². The molecule has 0 saturated heterocycles. The molecule has 2 fully saturated rings. The van der Waals surface area contributed by atoms with Crippen LogP contribution in [-0.4, -0.2) is 110 Å². The molecule has 2 aliphatic carbocycles. The van der Waals surface area contributed by atoms with Gasteiger partial charge in [-0.25, -0.2) is 19.9 Å². The first-order valence-corrected chi connectivity index (χ1v) is 40.7. The van der Waals surface area contributed by atoms with Crippen LogP contribution in [-0.2, 0) is 22.4 Å². The number of ether oxygens (including phenoxy) is 8. The third kappa shape index (κ3) is 15.8. The van der Waals surface area contributed by atoms with Crippen molar-refractivity contribution in [2.75, 3.05) is 0 Å². The van der Waals surface area contributed by atoms with E-state index < -0.39 is 47.5 Å². The Balaban J connectivity index is 0.909. The highest BCUT2D eigenvalue weighted by Crippen LogP contribution is 2.59. The Morgan fingerprint density at radius 1 is 0.306 bits per heavy atom. The first-order chi connectivity index (χ1) is 60.5. The zero-order valence-corrected chi connectivity index (χ0v) is 66.2. The maximum absolute atomic E-state index is 16.9. The molecule has 2 aliphatic heterocycles. The number of fused-ring (bicyclic) bond motifs is 2. The van der Waals surface area contributed by atoms with E-state index in [1.807, 2.05) is 60.7 Å². The summed E-state index contributed by atoms with van der Waals surface area (Å²) in [4.78, 5) is 118. The zero-order valence-electron chi connectivity index (χ0n) is 66.2. The average Bonchev–Trinajstić information content (AvgIpc) is 0.669. The van der Waals surface area contributed by atoms with Crippen LogP contribution >= 0.6 is 0 Å². The zero-order chi connectivity index (χ0) is 84.6. The molecule has 6 heterocycles. The summed E-state index contributed by atoms with van der Waals surface area (Å²) in [7, 11) is 0. The molecule has 19 rings (SSSR count). The molecule has 2 saturated carbocycles. The standard InChI is InChI=1S/C98H76N8O18/c107-59-37-41-99-81(47-59)121-67-29-21-63(22-30-67)117-77-51-71-85-72(96(114)105(95(71)113)75(45-55-13-5-1-6-14-55)93(111)103-57-17-9-3-10-18-57)52-78(118-64-23-31-68(32-24-64)122-82-48-60(108)38-42-100-82)88-90-80(120-66-27-35-70(36-28-66)124-84-50-62(110)40-44-102-84)54-74-86-73(97(115)106(98(74)116)76(46-56-15-7-2-8-16-56)94(112)104-58-19-11-4-12-20-58)53-79(89(92(86)90)87(77)91(85)88)119-65-25-33-69(34-26-65)123-83-49-61(109)39-43-101-83/h1-2,5-8,13-16,21-44,47-54,57-58,75-76H,3-4,9-12,17-20,45-46H2,(H,99,107)(H,100,108)(H,101,109)(H,102,110)(H,103,111)(H,104,112). The molecular formula is C98H76N8O18. The van der Waals surface area contributed by atoms with Crippen molar-refractivity contribution in [2.45, 2.75) is 101 Å². The monoisotopic (exact) mass is 1650 g/mol. The Hall–Kier alpha value is -15.9. The second kappa shape index (κ2) is 33.4. The fourth-order valence-corrected chi connectivity index (χ4v) is 16.9. The van der Waals surface area contributed by atoms with Gasteiger partial charge in [0.05, 0.1) is 22.3 Å². The van der Waals surface area contributed by atoms with Gasteiger partial charge in [0.25, 0.3) is 23.6 Å². The van der Waals surface area contributed by atoms with Crippen LogP contribution < -0.4 is 48.5 Å². The Morgan fingerprint density at radius 3 is 0.790 bits per heavy atom. The lowest BCUT2D eigenvalue weighted by Gasteiger charge is -2.36. The van der Waals surface area contributed by atoms with Crippen molar-refractivity contribution in [3.05, 3.63) is 289 Å². The highest BCUT2D eigenvalue weighted by atomic mass is 16.5. The number of imide groups is 2. The van der Waals surface area contributed by atoms with E-state index in [9.17, 15) is 20.4 Å². The first-order valence-electron chi connectivity index (χ1n) is 40.7. The number of carbonyl (C=O) groups excluding carboxylic acids is 6. The Bertz CT molecular complexity index is 5960. The molecule has 0 spiro atoms. The number of carbonyl (C=O) groups is 6. The lowest BCUT2D eigenvalue weighted by atomic mass is 9.80. The van der Waals surface area contributed by atoms with Crippen LogP contribution in [0.25, 0.3) is 43.1 Å². The van der Waals surface area contributed by atoms with Gasteiger partial charge in [0.1, 0.15) is 104 Å². The lowest BCUT2D eigenvalue weighted by molar-refractivity contribution is -0.126. The molecule has 4 aromatic heterocycles. The SMILES string of the molecule is O=C(NC1CCCCC1)C(Cc1ccccc1)N1C(=O)c2cc(Oc3ccc(Oc4cc(O)ccn4)cc3)c3c4c(Oc5ccc(Oc6cc(O)ccn6)cc5)cc5c6c(cc(Oc7ccc(Oc8cc(O)ccn8)cc7)c(c7c(Oc8ccc(Oc9cc(O)ccn9)cc8)cc(c2c37)C1=O)c64)C(=O)N(C(Cc1ccccc1)C(=O)NC1CCCCC1)C5=O. The fourth-order valence-electron chi connectivity index (χ4n) is 16.9. The normalized spacial score (nSPS) is 14.6. The molecule has 26 nitrogen and oxygen atoms in total. The smallest absolute Gasteiger partial charge is 0.262 e. The molecular weight excluding hydrogens is 1580 g/mol. The summed E-state index contributed by atoms with van der Waals surface area (Å²) >= 11 is 0. The van der Waals surface area contributed by atoms with Crippen LogP contribution in [0.4, 0.5) is 0 Å². The fraction of sp³-hybridized carbons (Fsp3) is 0.163. The lowest BCUT2D eigenvalue weighted by Crippen LogP contribution is -2.56. The second-order valence-corrected chi connectivity index (χ2v) is 30.9. The van der Waals surface area contributed by atoms with E-state index in [2.05, 4.69) is 30.6 Å². The van der Waals surface area contributed by atoms with Gasteiger partial charge < -0.3 is 69.0 Å². The summed E-state index contributed by atoms with van der Waals surface area (Å²) in [5.41, 5.74) is 0.853. The van der Waals surface area contributed by atoms with Crippen LogP contribution in [0.15, 0.2) is 255 Å². The van der Waals surface area contributed by atoms with Crippen LogP contribution in [0.5, 0.6) is 116 Å². The van der Waals surface area contributed by atoms with E-state index >= 15 is 28.8 Å². The number of aromatic nitrogens is 4. The van der Waals surface area contributed by atoms with Crippen LogP contribution in [0.3, 0.4) is 0 Å². The van der Waals surface area contributed by atoms with Gasteiger partial charge in [0, 0.05) is 117 Å². The van der Waals surface area contributed by atoms with E-state index in [0.717, 1.165) is 48.3 Å². The van der Waals surface area contributed by atoms with Crippen LogP contribution in [0, 0.1) is 0 Å². The molecule has 11 aromatic carbocycles. The molecule has 4 aliphatic rings. The number of aromatic hydroxyl groups is 4. The Morgan fingerprint density at radius 2 is 0.548 bits per heavy atom. The van der Waals surface area contributed by atoms with Gasteiger partial charge in [-0.3, -0.25) is 38.6 Å². The van der Waals surface area contributed by atoms with Crippen molar-refractivity contribution in [1.29, 1.82) is 0 Å². The molecule has 26 heteroatoms. The van der Waals surface area contributed by atoms with Crippen LogP contribution in [0.1, 0.15) is 117 Å². The Labute approximate surface area is 707 Å². The van der Waals surface area contributed by atoms with Gasteiger partial charge in [-0.2, -0.15) is 0 Å². The van der Waals surface area contributed by atoms with Crippen LogP contribution in [0.2, 0.25) is 0 Å². The van der Waals surface area contributed by atoms with E-state index in [-0.39, 0.29) is 206 Å². The quantitative estimate of drug-likeness (QED) is 0.0167. The minimum absolute atomic E-state index is 0.0537. The molecule has 2 atom stereocenters. The van der Waals surface area contributed by atoms with Gasteiger partial charge in [0.15, 0.2) is 0 Å². The first kappa shape index (κ1) is 78.0. The third-order valence-electron chi connectivity index (χ3n) is 22.6. The van der Waals surface area contributed by atoms with E-state index in [4.69, 9.17) is 37.9 Å². The third-order valence-corrected chi connectivity index (χ3v) is 22.6. The number of nitrogens with zero attached hydrogens (tertiary/aromatic N) is 6. The summed E-state index contributed by atoms with van der Waals surface area (Å²) in [5.74, 6) is -3.38. The molecule has 2 unspecified atom stereocenters. The molecule has 6 amide bonds. The molecule has 616 valence electrons. The molecule has 124 heavy (non-hydrogen) atoms. The summed E-state index contributed by atoms with van der Waals surface area (Å²) in [6.45, 7) is 0. The van der Waals surface area contributed by atoms with Crippen molar-refractivity contribution < 1.29 is 87.1 Å². The van der Waals surface area contributed by atoms with E-state index in [1.54, 1.807) is 97.1 Å². The summed E-state index contributed by atoms with van der Waals surface area (Å²) < 4.78 is 54.0. The number of nitrogens with one attached hydrogen (secondary N) is 2. The van der Waals surface area contributed by atoms with Gasteiger partial charge in [-0.15, -0.1) is 0 Å². The van der Waals surface area contributed by atoms with Crippen molar-refractivity contribution >= 4 is 78.5 Å². The topological polar surface area (TPSA) is 339 Å². The predicted molar refractivity (Wildman–Crippen MR) is 457 cm³/mol. The maximum Gasteiger partial charge on any atom is 0.262 e. The van der Waals surface area contributed by atoms with Gasteiger partial charge in [0.2, 0.25) is 35.3 Å². The molecule has 6 N–H and O–H groups in total. The average molecular weight is 1650 g/mol.